The van der Waals surface area contributed by atoms with Crippen LogP contribution < -0.4 is 4.90 Å². The second-order valence-electron chi connectivity index (χ2n) is 6.55. The minimum absolute atomic E-state index is 0.0408. The summed E-state index contributed by atoms with van der Waals surface area (Å²) in [6.45, 7) is 0. The first-order valence-corrected chi connectivity index (χ1v) is 9.17. The van der Waals surface area contributed by atoms with Crippen molar-refractivity contribution >= 4 is 23.6 Å². The Bertz CT molecular complexity index is 1090. The number of allylic oxidation sites excluding steroid dienone is 1. The van der Waals surface area contributed by atoms with Gasteiger partial charge in [-0.25, -0.2) is 4.98 Å². The van der Waals surface area contributed by atoms with E-state index in [1.807, 2.05) is 60.7 Å². The van der Waals surface area contributed by atoms with E-state index in [2.05, 4.69) is 4.98 Å². The fourth-order valence-corrected chi connectivity index (χ4v) is 3.37. The molecule has 4 rings (SSSR count). The zero-order valence-electron chi connectivity index (χ0n) is 15.5. The molecule has 0 fully saturated rings. The first-order chi connectivity index (χ1) is 14.2. The largest absolute Gasteiger partial charge is 0.503 e. The van der Waals surface area contributed by atoms with Crippen LogP contribution in [0.3, 0.4) is 0 Å². The SMILES string of the molecule is O=C(/C=C/c1ccccc1)C1=C(O)C(=O)N(c2ccccn2)[C@@H]1c1ccccc1. The fourth-order valence-electron chi connectivity index (χ4n) is 3.37. The minimum atomic E-state index is -0.758. The van der Waals surface area contributed by atoms with Crippen LogP contribution in [-0.2, 0) is 9.59 Å². The molecule has 0 saturated carbocycles. The molecule has 1 aliphatic heterocycles. The molecule has 2 heterocycles. The molecule has 0 unspecified atom stereocenters. The number of hydrogen-bond acceptors (Lipinski definition) is 4. The van der Waals surface area contributed by atoms with Crippen LogP contribution in [0.2, 0.25) is 0 Å². The quantitative estimate of drug-likeness (QED) is 0.669. The van der Waals surface area contributed by atoms with Gasteiger partial charge < -0.3 is 5.11 Å². The summed E-state index contributed by atoms with van der Waals surface area (Å²) in [5.74, 6) is -1.25. The molecule has 29 heavy (non-hydrogen) atoms. The molecule has 1 amide bonds. The maximum atomic E-state index is 13.0. The Kier molecular flexibility index (Phi) is 5.03. The highest BCUT2D eigenvalue weighted by atomic mass is 16.3. The first kappa shape index (κ1) is 18.4. The highest BCUT2D eigenvalue weighted by molar-refractivity contribution is 6.19. The van der Waals surface area contributed by atoms with Gasteiger partial charge in [-0.05, 0) is 29.3 Å². The van der Waals surface area contributed by atoms with E-state index < -0.39 is 23.5 Å². The Balaban J connectivity index is 1.77. The van der Waals surface area contributed by atoms with E-state index in [0.717, 1.165) is 5.56 Å². The van der Waals surface area contributed by atoms with Crippen LogP contribution in [0.4, 0.5) is 5.82 Å². The molecular weight excluding hydrogens is 364 g/mol. The highest BCUT2D eigenvalue weighted by Gasteiger charge is 2.44. The van der Waals surface area contributed by atoms with Crippen molar-refractivity contribution in [3.05, 3.63) is 114 Å². The van der Waals surface area contributed by atoms with E-state index in [9.17, 15) is 14.7 Å². The number of rotatable bonds is 5. The second kappa shape index (κ2) is 7.94. The number of aliphatic hydroxyl groups excluding tert-OH is 1. The summed E-state index contributed by atoms with van der Waals surface area (Å²) in [7, 11) is 0. The number of anilines is 1. The van der Waals surface area contributed by atoms with E-state index in [-0.39, 0.29) is 5.57 Å². The van der Waals surface area contributed by atoms with Crippen LogP contribution in [0.5, 0.6) is 0 Å². The zero-order chi connectivity index (χ0) is 20.2. The third kappa shape index (κ3) is 3.58. The van der Waals surface area contributed by atoms with Gasteiger partial charge in [0, 0.05) is 6.20 Å². The van der Waals surface area contributed by atoms with E-state index in [1.54, 1.807) is 30.5 Å². The van der Waals surface area contributed by atoms with Crippen molar-refractivity contribution < 1.29 is 14.7 Å². The lowest BCUT2D eigenvalue weighted by molar-refractivity contribution is -0.117. The predicted octanol–water partition coefficient (Wildman–Crippen LogP) is 4.26. The van der Waals surface area contributed by atoms with Crippen LogP contribution in [0.15, 0.2) is 102 Å². The minimum Gasteiger partial charge on any atom is -0.503 e. The molecule has 5 heteroatoms. The molecular formula is C24H18N2O3. The molecule has 0 bridgehead atoms. The van der Waals surface area contributed by atoms with E-state index in [0.29, 0.717) is 11.4 Å². The summed E-state index contributed by atoms with van der Waals surface area (Å²) in [5.41, 5.74) is 1.61. The van der Waals surface area contributed by atoms with E-state index >= 15 is 0 Å². The van der Waals surface area contributed by atoms with E-state index in [1.165, 1.54) is 11.0 Å². The van der Waals surface area contributed by atoms with Crippen molar-refractivity contribution in [3.63, 3.8) is 0 Å². The standard InChI is InChI=1S/C24H18N2O3/c27-19(15-14-17-9-3-1-4-10-17)21-22(18-11-5-2-6-12-18)26(24(29)23(21)28)20-13-7-8-16-25-20/h1-16,22,28H/b15-14+/t22-/m1/s1. The average molecular weight is 382 g/mol. The second-order valence-corrected chi connectivity index (χ2v) is 6.55. The Labute approximate surface area is 168 Å². The number of aromatic nitrogens is 1. The van der Waals surface area contributed by atoms with Gasteiger partial charge in [-0.3, -0.25) is 14.5 Å². The van der Waals surface area contributed by atoms with Crippen LogP contribution in [-0.4, -0.2) is 21.8 Å². The van der Waals surface area contributed by atoms with Gasteiger partial charge in [-0.1, -0.05) is 72.8 Å². The smallest absolute Gasteiger partial charge is 0.295 e. The predicted molar refractivity (Wildman–Crippen MR) is 111 cm³/mol. The molecule has 1 atom stereocenters. The monoisotopic (exact) mass is 382 g/mol. The lowest BCUT2D eigenvalue weighted by Crippen LogP contribution is -2.31. The van der Waals surface area contributed by atoms with Crippen LogP contribution in [0.1, 0.15) is 17.2 Å². The van der Waals surface area contributed by atoms with Gasteiger partial charge in [0.2, 0.25) is 0 Å². The number of ketones is 1. The Morgan fingerprint density at radius 2 is 1.59 bits per heavy atom. The molecule has 1 N–H and O–H groups in total. The van der Waals surface area contributed by atoms with Crippen LogP contribution in [0.25, 0.3) is 6.08 Å². The summed E-state index contributed by atoms with van der Waals surface area (Å²) in [6, 6.07) is 22.9. The lowest BCUT2D eigenvalue weighted by atomic mass is 9.95. The van der Waals surface area contributed by atoms with Crippen molar-refractivity contribution in [1.29, 1.82) is 0 Å². The molecule has 0 saturated heterocycles. The van der Waals surface area contributed by atoms with Crippen LogP contribution in [0, 0.1) is 0 Å². The molecule has 1 aliphatic rings. The topological polar surface area (TPSA) is 70.5 Å². The maximum Gasteiger partial charge on any atom is 0.295 e. The maximum absolute atomic E-state index is 13.0. The molecule has 0 radical (unpaired) electrons. The van der Waals surface area contributed by atoms with Gasteiger partial charge in [0.1, 0.15) is 5.82 Å². The van der Waals surface area contributed by atoms with Gasteiger partial charge >= 0.3 is 0 Å². The molecule has 1 aromatic heterocycles. The molecule has 0 spiro atoms. The number of benzene rings is 2. The Hall–Kier alpha value is -3.99. The van der Waals surface area contributed by atoms with Gasteiger partial charge in [0.25, 0.3) is 5.91 Å². The Morgan fingerprint density at radius 1 is 0.931 bits per heavy atom. The van der Waals surface area contributed by atoms with Crippen molar-refractivity contribution in [2.45, 2.75) is 6.04 Å². The van der Waals surface area contributed by atoms with Gasteiger partial charge in [0.05, 0.1) is 11.6 Å². The molecule has 0 aliphatic carbocycles. The average Bonchev–Trinajstić information content (AvgIpc) is 3.05. The molecule has 142 valence electrons. The van der Waals surface area contributed by atoms with Crippen molar-refractivity contribution in [3.8, 4) is 0 Å². The lowest BCUT2D eigenvalue weighted by Gasteiger charge is -2.25. The summed E-state index contributed by atoms with van der Waals surface area (Å²) in [5, 5.41) is 10.6. The van der Waals surface area contributed by atoms with Gasteiger partial charge in [-0.2, -0.15) is 0 Å². The number of hydrogen-bond donors (Lipinski definition) is 1. The van der Waals surface area contributed by atoms with Gasteiger partial charge in [-0.15, -0.1) is 0 Å². The number of pyridine rings is 1. The van der Waals surface area contributed by atoms with Crippen molar-refractivity contribution in [1.82, 2.24) is 4.98 Å². The van der Waals surface area contributed by atoms with E-state index in [4.69, 9.17) is 0 Å². The number of amides is 1. The normalized spacial score (nSPS) is 16.6. The first-order valence-electron chi connectivity index (χ1n) is 9.17. The number of nitrogens with zero attached hydrogens (tertiary/aromatic N) is 2. The third-order valence-corrected chi connectivity index (χ3v) is 4.71. The number of aliphatic hydroxyl groups is 1. The molecule has 2 aromatic carbocycles. The summed E-state index contributed by atoms with van der Waals surface area (Å²) in [6.07, 6.45) is 4.61. The third-order valence-electron chi connectivity index (χ3n) is 4.71. The van der Waals surface area contributed by atoms with Crippen molar-refractivity contribution in [2.75, 3.05) is 4.90 Å². The molecule has 3 aromatic rings. The number of carbonyl (C=O) groups excluding carboxylic acids is 2. The number of carbonyl (C=O) groups is 2. The highest BCUT2D eigenvalue weighted by Crippen LogP contribution is 2.40. The summed E-state index contributed by atoms with van der Waals surface area (Å²) < 4.78 is 0. The Morgan fingerprint density at radius 3 is 2.24 bits per heavy atom. The zero-order valence-corrected chi connectivity index (χ0v) is 15.5. The molecule has 5 nitrogen and oxygen atoms in total. The van der Waals surface area contributed by atoms with Crippen molar-refractivity contribution in [2.24, 2.45) is 0 Å². The van der Waals surface area contributed by atoms with Crippen LogP contribution >= 0.6 is 0 Å². The van der Waals surface area contributed by atoms with Gasteiger partial charge in [0.15, 0.2) is 11.5 Å². The summed E-state index contributed by atoms with van der Waals surface area (Å²) >= 11 is 0. The summed E-state index contributed by atoms with van der Waals surface area (Å²) in [4.78, 5) is 31.5. The fraction of sp³-hybridized carbons (Fsp3) is 0.0417.